The highest BCUT2D eigenvalue weighted by Crippen LogP contribution is 2.20. The number of H-pyrrole nitrogens is 1. The Kier molecular flexibility index (Phi) is 1.15. The number of carbonyl (C=O) groups excluding carboxylic acids is 1. The zero-order valence-electron chi connectivity index (χ0n) is 6.09. The van der Waals surface area contributed by atoms with E-state index in [4.69, 9.17) is 0 Å². The van der Waals surface area contributed by atoms with E-state index in [0.717, 1.165) is 5.71 Å². The van der Waals surface area contributed by atoms with Crippen LogP contribution in [0, 0.1) is 0 Å². The van der Waals surface area contributed by atoms with E-state index in [1.807, 2.05) is 6.92 Å². The van der Waals surface area contributed by atoms with E-state index in [1.54, 1.807) is 0 Å². The second-order valence-corrected chi connectivity index (χ2v) is 2.55. The fourth-order valence-electron chi connectivity index (χ4n) is 1.12. The van der Waals surface area contributed by atoms with E-state index in [0.29, 0.717) is 17.9 Å². The van der Waals surface area contributed by atoms with Crippen molar-refractivity contribution in [1.82, 2.24) is 9.97 Å². The molecule has 2 rings (SSSR count). The van der Waals surface area contributed by atoms with Crippen LogP contribution in [0.4, 0.5) is 5.82 Å². The molecule has 1 aliphatic heterocycles. The van der Waals surface area contributed by atoms with Crippen LogP contribution in [0.1, 0.15) is 23.8 Å². The second-order valence-electron chi connectivity index (χ2n) is 2.55. The predicted molar refractivity (Wildman–Crippen MR) is 40.3 cm³/mol. The number of fused-ring (bicyclic) bond motifs is 1. The minimum Gasteiger partial charge on any atom is -0.340 e. The first-order valence-electron chi connectivity index (χ1n) is 3.38. The van der Waals surface area contributed by atoms with Gasteiger partial charge in [-0.15, -0.1) is 0 Å². The van der Waals surface area contributed by atoms with Gasteiger partial charge in [-0.3, -0.25) is 4.79 Å². The Hall–Kier alpha value is -1.45. The van der Waals surface area contributed by atoms with Gasteiger partial charge in [0.15, 0.2) is 11.6 Å². The van der Waals surface area contributed by atoms with Crippen LogP contribution >= 0.6 is 0 Å². The zero-order chi connectivity index (χ0) is 7.84. The van der Waals surface area contributed by atoms with Crippen molar-refractivity contribution in [3.63, 3.8) is 0 Å². The van der Waals surface area contributed by atoms with Crippen LogP contribution < -0.4 is 0 Å². The Morgan fingerprint density at radius 3 is 3.27 bits per heavy atom. The molecule has 1 N–H and O–H groups in total. The Labute approximate surface area is 63.4 Å². The molecule has 11 heavy (non-hydrogen) atoms. The number of hydrogen-bond acceptors (Lipinski definition) is 3. The molecular weight excluding hydrogens is 142 g/mol. The number of aromatic amines is 1. The molecule has 1 aromatic heterocycles. The predicted octanol–water partition coefficient (Wildman–Crippen LogP) is 1.09. The molecule has 0 saturated carbocycles. The van der Waals surface area contributed by atoms with E-state index in [9.17, 15) is 4.79 Å². The molecule has 0 atom stereocenters. The van der Waals surface area contributed by atoms with Crippen molar-refractivity contribution in [2.45, 2.75) is 13.3 Å². The smallest absolute Gasteiger partial charge is 0.188 e. The van der Waals surface area contributed by atoms with Crippen LogP contribution in [0.25, 0.3) is 0 Å². The van der Waals surface area contributed by atoms with Crippen molar-refractivity contribution in [3.8, 4) is 0 Å². The lowest BCUT2D eigenvalue weighted by Gasteiger charge is -2.04. The van der Waals surface area contributed by atoms with Crippen LogP contribution in [-0.2, 0) is 0 Å². The average molecular weight is 149 g/mol. The topological polar surface area (TPSA) is 58.1 Å². The van der Waals surface area contributed by atoms with Crippen LogP contribution in [0.2, 0.25) is 0 Å². The van der Waals surface area contributed by atoms with E-state index in [-0.39, 0.29) is 5.78 Å². The van der Waals surface area contributed by atoms with Gasteiger partial charge in [-0.25, -0.2) is 9.98 Å². The summed E-state index contributed by atoms with van der Waals surface area (Å²) in [5.74, 6) is 0.601. The highest BCUT2D eigenvalue weighted by molar-refractivity contribution is 6.13. The summed E-state index contributed by atoms with van der Waals surface area (Å²) in [4.78, 5) is 22.0. The molecule has 0 unspecified atom stereocenters. The lowest BCUT2D eigenvalue weighted by Crippen LogP contribution is -2.10. The van der Waals surface area contributed by atoms with E-state index < -0.39 is 0 Å². The van der Waals surface area contributed by atoms with Crippen molar-refractivity contribution in [2.75, 3.05) is 0 Å². The second kappa shape index (κ2) is 2.02. The fourth-order valence-corrected chi connectivity index (χ4v) is 1.12. The average Bonchev–Trinajstić information content (AvgIpc) is 2.34. The van der Waals surface area contributed by atoms with Gasteiger partial charge in [-0.05, 0) is 6.92 Å². The van der Waals surface area contributed by atoms with E-state index in [2.05, 4.69) is 15.0 Å². The van der Waals surface area contributed by atoms with Gasteiger partial charge in [-0.2, -0.15) is 0 Å². The molecule has 4 heteroatoms. The standard InChI is InChI=1S/C7H7N3O/c1-4-2-5(11)6-7(10-4)9-3-8-6/h3H,2H2,1H3,(H,8,9). The third-order valence-electron chi connectivity index (χ3n) is 1.61. The summed E-state index contributed by atoms with van der Waals surface area (Å²) in [6, 6.07) is 0. The maximum atomic E-state index is 11.2. The number of carbonyl (C=O) groups is 1. The molecule has 0 saturated heterocycles. The van der Waals surface area contributed by atoms with Gasteiger partial charge in [0.2, 0.25) is 0 Å². The first-order chi connectivity index (χ1) is 5.27. The highest BCUT2D eigenvalue weighted by atomic mass is 16.1. The molecule has 0 bridgehead atoms. The van der Waals surface area contributed by atoms with Gasteiger partial charge in [0.05, 0.1) is 12.7 Å². The molecule has 0 fully saturated rings. The highest BCUT2D eigenvalue weighted by Gasteiger charge is 2.19. The summed E-state index contributed by atoms with van der Waals surface area (Å²) in [5.41, 5.74) is 1.37. The van der Waals surface area contributed by atoms with Gasteiger partial charge >= 0.3 is 0 Å². The number of imidazole rings is 1. The monoisotopic (exact) mass is 149 g/mol. The van der Waals surface area contributed by atoms with Gasteiger partial charge in [0, 0.05) is 5.71 Å². The lowest BCUT2D eigenvalue weighted by atomic mass is 10.1. The number of hydrogen-bond donors (Lipinski definition) is 1. The number of Topliss-reactive ketones (excluding diaryl/α,β-unsaturated/α-hetero) is 1. The number of aliphatic imine (C=N–C) groups is 1. The minimum absolute atomic E-state index is 0.0741. The fraction of sp³-hybridized carbons (Fsp3) is 0.286. The molecule has 0 spiro atoms. The SMILES string of the molecule is CC1=Nc2nc[nH]c2C(=O)C1. The van der Waals surface area contributed by atoms with E-state index in [1.165, 1.54) is 6.33 Å². The number of ketones is 1. The van der Waals surface area contributed by atoms with Crippen molar-refractivity contribution >= 4 is 17.3 Å². The molecule has 0 amide bonds. The molecule has 0 aromatic carbocycles. The number of nitrogens with zero attached hydrogens (tertiary/aromatic N) is 2. The van der Waals surface area contributed by atoms with E-state index >= 15 is 0 Å². The molecular formula is C7H7N3O. The summed E-state index contributed by atoms with van der Waals surface area (Å²) in [6.07, 6.45) is 1.90. The summed E-state index contributed by atoms with van der Waals surface area (Å²) < 4.78 is 0. The molecule has 2 heterocycles. The first kappa shape index (κ1) is 6.27. The summed E-state index contributed by atoms with van der Waals surface area (Å²) in [6.45, 7) is 1.83. The van der Waals surface area contributed by atoms with Crippen LogP contribution in [0.15, 0.2) is 11.3 Å². The lowest BCUT2D eigenvalue weighted by molar-refractivity contribution is 0.0995. The molecule has 0 radical (unpaired) electrons. The summed E-state index contributed by atoms with van der Waals surface area (Å²) in [7, 11) is 0. The minimum atomic E-state index is 0.0741. The first-order valence-corrected chi connectivity index (χ1v) is 3.38. The van der Waals surface area contributed by atoms with Crippen molar-refractivity contribution in [1.29, 1.82) is 0 Å². The molecule has 1 aromatic rings. The molecule has 4 nitrogen and oxygen atoms in total. The Balaban J connectivity index is 2.60. The Morgan fingerprint density at radius 2 is 2.45 bits per heavy atom. The van der Waals surface area contributed by atoms with Crippen LogP contribution in [-0.4, -0.2) is 21.5 Å². The van der Waals surface area contributed by atoms with Gasteiger partial charge in [-0.1, -0.05) is 0 Å². The third kappa shape index (κ3) is 0.869. The quantitative estimate of drug-likeness (QED) is 0.600. The van der Waals surface area contributed by atoms with Crippen LogP contribution in [0.5, 0.6) is 0 Å². The number of aromatic nitrogens is 2. The summed E-state index contributed by atoms with van der Waals surface area (Å²) >= 11 is 0. The van der Waals surface area contributed by atoms with Gasteiger partial charge < -0.3 is 4.98 Å². The Morgan fingerprint density at radius 1 is 1.64 bits per heavy atom. The molecule has 56 valence electrons. The van der Waals surface area contributed by atoms with Crippen molar-refractivity contribution < 1.29 is 4.79 Å². The molecule has 0 aliphatic carbocycles. The maximum absolute atomic E-state index is 11.2. The largest absolute Gasteiger partial charge is 0.340 e. The summed E-state index contributed by atoms with van der Waals surface area (Å²) in [5, 5.41) is 0. The van der Waals surface area contributed by atoms with Crippen molar-refractivity contribution in [3.05, 3.63) is 12.0 Å². The Bertz CT molecular complexity index is 337. The maximum Gasteiger partial charge on any atom is 0.188 e. The molecule has 1 aliphatic rings. The number of nitrogens with one attached hydrogen (secondary N) is 1. The zero-order valence-corrected chi connectivity index (χ0v) is 6.09. The van der Waals surface area contributed by atoms with Gasteiger partial charge in [0.1, 0.15) is 5.69 Å². The third-order valence-corrected chi connectivity index (χ3v) is 1.61. The number of rotatable bonds is 0. The normalized spacial score (nSPS) is 16.1. The van der Waals surface area contributed by atoms with Crippen molar-refractivity contribution in [2.24, 2.45) is 4.99 Å². The van der Waals surface area contributed by atoms with Gasteiger partial charge in [0.25, 0.3) is 0 Å². The van der Waals surface area contributed by atoms with Crippen LogP contribution in [0.3, 0.4) is 0 Å².